The van der Waals surface area contributed by atoms with E-state index in [9.17, 15) is 4.79 Å². The van der Waals surface area contributed by atoms with Crippen molar-refractivity contribution in [1.82, 2.24) is 9.97 Å². The molecular formula is C15H11N3O2S. The van der Waals surface area contributed by atoms with Gasteiger partial charge in [0.2, 0.25) is 0 Å². The van der Waals surface area contributed by atoms with E-state index in [0.717, 1.165) is 0 Å². The molecule has 0 aliphatic carbocycles. The quantitative estimate of drug-likeness (QED) is 0.799. The first kappa shape index (κ1) is 13.3. The van der Waals surface area contributed by atoms with Crippen molar-refractivity contribution in [3.8, 4) is 11.8 Å². The predicted molar refractivity (Wildman–Crippen MR) is 80.8 cm³/mol. The SMILES string of the molecule is O=C(Nc1cnc(Oc2ccccc2)nc1)c1cccs1. The van der Waals surface area contributed by atoms with E-state index in [2.05, 4.69) is 15.3 Å². The van der Waals surface area contributed by atoms with Gasteiger partial charge in [-0.05, 0) is 23.6 Å². The molecule has 2 aromatic heterocycles. The van der Waals surface area contributed by atoms with Crippen LogP contribution in [-0.4, -0.2) is 15.9 Å². The molecule has 6 heteroatoms. The summed E-state index contributed by atoms with van der Waals surface area (Å²) in [5, 5.41) is 4.58. The number of para-hydroxylation sites is 1. The first-order valence-corrected chi connectivity index (χ1v) is 7.09. The van der Waals surface area contributed by atoms with Crippen molar-refractivity contribution in [2.45, 2.75) is 0 Å². The number of hydrogen-bond donors (Lipinski definition) is 1. The predicted octanol–water partition coefficient (Wildman–Crippen LogP) is 3.58. The molecule has 2 heterocycles. The number of rotatable bonds is 4. The normalized spacial score (nSPS) is 10.1. The highest BCUT2D eigenvalue weighted by molar-refractivity contribution is 7.12. The van der Waals surface area contributed by atoms with Crippen molar-refractivity contribution in [2.75, 3.05) is 5.32 Å². The molecule has 5 nitrogen and oxygen atoms in total. The molecule has 0 radical (unpaired) electrons. The molecule has 0 bridgehead atoms. The average Bonchev–Trinajstić information content (AvgIpc) is 3.05. The number of carbonyl (C=O) groups excluding carboxylic acids is 1. The van der Waals surface area contributed by atoms with Gasteiger partial charge in [0.05, 0.1) is 23.0 Å². The Labute approximate surface area is 125 Å². The molecule has 0 saturated carbocycles. The van der Waals surface area contributed by atoms with E-state index in [-0.39, 0.29) is 11.9 Å². The summed E-state index contributed by atoms with van der Waals surface area (Å²) in [4.78, 5) is 20.6. The van der Waals surface area contributed by atoms with Gasteiger partial charge in [0.1, 0.15) is 5.75 Å². The summed E-state index contributed by atoms with van der Waals surface area (Å²) in [7, 11) is 0. The standard InChI is InChI=1S/C15H11N3O2S/c19-14(13-7-4-8-21-13)18-11-9-16-15(17-10-11)20-12-5-2-1-3-6-12/h1-10H,(H,18,19). The molecule has 1 amide bonds. The monoisotopic (exact) mass is 297 g/mol. The molecular weight excluding hydrogens is 286 g/mol. The molecule has 0 aliphatic rings. The van der Waals surface area contributed by atoms with Crippen molar-refractivity contribution in [3.63, 3.8) is 0 Å². The minimum absolute atomic E-state index is 0.176. The van der Waals surface area contributed by atoms with Crippen molar-refractivity contribution in [1.29, 1.82) is 0 Å². The van der Waals surface area contributed by atoms with Crippen LogP contribution in [0.2, 0.25) is 0 Å². The number of anilines is 1. The zero-order valence-corrected chi connectivity index (χ0v) is 11.7. The maximum absolute atomic E-state index is 11.9. The Kier molecular flexibility index (Phi) is 3.88. The van der Waals surface area contributed by atoms with Gasteiger partial charge in [-0.3, -0.25) is 4.79 Å². The minimum Gasteiger partial charge on any atom is -0.424 e. The topological polar surface area (TPSA) is 64.1 Å². The summed E-state index contributed by atoms with van der Waals surface area (Å²) in [5.74, 6) is 0.484. The van der Waals surface area contributed by atoms with Gasteiger partial charge in [0.25, 0.3) is 5.91 Å². The number of nitrogens with one attached hydrogen (secondary N) is 1. The van der Waals surface area contributed by atoms with Crippen LogP contribution in [-0.2, 0) is 0 Å². The second kappa shape index (κ2) is 6.15. The Bertz CT molecular complexity index is 712. The van der Waals surface area contributed by atoms with Crippen LogP contribution in [0.4, 0.5) is 5.69 Å². The number of hydrogen-bond acceptors (Lipinski definition) is 5. The fourth-order valence-corrected chi connectivity index (χ4v) is 2.25. The van der Waals surface area contributed by atoms with E-state index >= 15 is 0 Å². The Morgan fingerprint density at radius 1 is 1.05 bits per heavy atom. The van der Waals surface area contributed by atoms with Crippen molar-refractivity contribution < 1.29 is 9.53 Å². The van der Waals surface area contributed by atoms with Crippen LogP contribution in [0.3, 0.4) is 0 Å². The molecule has 21 heavy (non-hydrogen) atoms. The summed E-state index contributed by atoms with van der Waals surface area (Å²) in [6.07, 6.45) is 3.02. The number of carbonyl (C=O) groups is 1. The van der Waals surface area contributed by atoms with E-state index in [4.69, 9.17) is 4.74 Å². The number of ether oxygens (including phenoxy) is 1. The van der Waals surface area contributed by atoms with Crippen LogP contribution in [0.5, 0.6) is 11.8 Å². The molecule has 1 N–H and O–H groups in total. The lowest BCUT2D eigenvalue weighted by atomic mass is 10.3. The third-order valence-corrected chi connectivity index (χ3v) is 3.45. The van der Waals surface area contributed by atoms with E-state index < -0.39 is 0 Å². The number of amides is 1. The lowest BCUT2D eigenvalue weighted by Gasteiger charge is -2.05. The molecule has 1 aromatic carbocycles. The third kappa shape index (κ3) is 3.43. The molecule has 0 fully saturated rings. The summed E-state index contributed by atoms with van der Waals surface area (Å²) < 4.78 is 5.48. The lowest BCUT2D eigenvalue weighted by molar-refractivity contribution is 0.103. The van der Waals surface area contributed by atoms with Crippen LogP contribution in [0.1, 0.15) is 9.67 Å². The van der Waals surface area contributed by atoms with Crippen molar-refractivity contribution >= 4 is 22.9 Å². The van der Waals surface area contributed by atoms with E-state index in [1.807, 2.05) is 41.8 Å². The second-order valence-corrected chi connectivity index (χ2v) is 5.05. The van der Waals surface area contributed by atoms with Gasteiger partial charge >= 0.3 is 6.01 Å². The van der Waals surface area contributed by atoms with Crippen LogP contribution in [0, 0.1) is 0 Å². The Morgan fingerprint density at radius 3 is 2.48 bits per heavy atom. The van der Waals surface area contributed by atoms with Gasteiger partial charge < -0.3 is 10.1 Å². The number of benzene rings is 1. The fourth-order valence-electron chi connectivity index (χ4n) is 1.63. The van der Waals surface area contributed by atoms with Gasteiger partial charge in [-0.25, -0.2) is 9.97 Å². The highest BCUT2D eigenvalue weighted by atomic mass is 32.1. The minimum atomic E-state index is -0.176. The lowest BCUT2D eigenvalue weighted by Crippen LogP contribution is -2.10. The van der Waals surface area contributed by atoms with Crippen molar-refractivity contribution in [2.24, 2.45) is 0 Å². The molecule has 3 rings (SSSR count). The molecule has 0 saturated heterocycles. The molecule has 0 aliphatic heterocycles. The van der Waals surface area contributed by atoms with Gasteiger partial charge in [0, 0.05) is 0 Å². The van der Waals surface area contributed by atoms with Crippen LogP contribution in [0.15, 0.2) is 60.2 Å². The van der Waals surface area contributed by atoms with Crippen LogP contribution >= 0.6 is 11.3 Å². The van der Waals surface area contributed by atoms with Gasteiger partial charge in [-0.1, -0.05) is 24.3 Å². The average molecular weight is 297 g/mol. The van der Waals surface area contributed by atoms with Crippen molar-refractivity contribution in [3.05, 3.63) is 65.1 Å². The van der Waals surface area contributed by atoms with Gasteiger partial charge in [0.15, 0.2) is 0 Å². The maximum atomic E-state index is 11.9. The summed E-state index contributed by atoms with van der Waals surface area (Å²) >= 11 is 1.38. The maximum Gasteiger partial charge on any atom is 0.322 e. The van der Waals surface area contributed by atoms with Crippen LogP contribution in [0.25, 0.3) is 0 Å². The zero-order chi connectivity index (χ0) is 14.5. The molecule has 0 spiro atoms. The first-order chi connectivity index (χ1) is 10.3. The Balaban J connectivity index is 1.65. The fraction of sp³-hybridized carbons (Fsp3) is 0. The van der Waals surface area contributed by atoms with E-state index in [1.54, 1.807) is 6.07 Å². The Morgan fingerprint density at radius 2 is 1.81 bits per heavy atom. The zero-order valence-electron chi connectivity index (χ0n) is 10.9. The molecule has 3 aromatic rings. The third-order valence-electron chi connectivity index (χ3n) is 2.58. The van der Waals surface area contributed by atoms with E-state index in [0.29, 0.717) is 16.3 Å². The number of nitrogens with zero attached hydrogens (tertiary/aromatic N) is 2. The first-order valence-electron chi connectivity index (χ1n) is 6.21. The van der Waals surface area contributed by atoms with Crippen LogP contribution < -0.4 is 10.1 Å². The summed E-state index contributed by atoms with van der Waals surface area (Å²) in [6.45, 7) is 0. The summed E-state index contributed by atoms with van der Waals surface area (Å²) in [5.41, 5.74) is 0.522. The summed E-state index contributed by atoms with van der Waals surface area (Å²) in [6, 6.07) is 13.1. The highest BCUT2D eigenvalue weighted by Crippen LogP contribution is 2.18. The van der Waals surface area contributed by atoms with E-state index in [1.165, 1.54) is 23.7 Å². The smallest absolute Gasteiger partial charge is 0.322 e. The molecule has 104 valence electrons. The second-order valence-electron chi connectivity index (χ2n) is 4.10. The highest BCUT2D eigenvalue weighted by Gasteiger charge is 2.07. The number of aromatic nitrogens is 2. The largest absolute Gasteiger partial charge is 0.424 e. The number of thiophene rings is 1. The van der Waals surface area contributed by atoms with Gasteiger partial charge in [-0.15, -0.1) is 11.3 Å². The molecule has 0 atom stereocenters. The van der Waals surface area contributed by atoms with Gasteiger partial charge in [-0.2, -0.15) is 0 Å². The Hall–Kier alpha value is -2.73. The molecule has 0 unspecified atom stereocenters.